The molecule has 0 amide bonds. The summed E-state index contributed by atoms with van der Waals surface area (Å²) in [5.74, 6) is 0.735. The largest absolute Gasteiger partial charge is 0.507 e. The molecule has 3 rings (SSSR count). The second kappa shape index (κ2) is 4.76. The van der Waals surface area contributed by atoms with Crippen LogP contribution < -0.4 is 0 Å². The van der Waals surface area contributed by atoms with Gasteiger partial charge in [-0.15, -0.1) is 0 Å². The molecule has 0 bridgehead atoms. The van der Waals surface area contributed by atoms with Crippen molar-refractivity contribution in [1.29, 1.82) is 0 Å². The van der Waals surface area contributed by atoms with Crippen LogP contribution in [0.3, 0.4) is 0 Å². The third kappa shape index (κ3) is 2.32. The number of aryl methyl sites for hydroxylation is 1. The predicted molar refractivity (Wildman–Crippen MR) is 74.5 cm³/mol. The Hall–Kier alpha value is -2.29. The van der Waals surface area contributed by atoms with E-state index in [0.717, 1.165) is 11.1 Å². The summed E-state index contributed by atoms with van der Waals surface area (Å²) in [7, 11) is 0. The minimum Gasteiger partial charge on any atom is -0.507 e. The van der Waals surface area contributed by atoms with E-state index in [0.29, 0.717) is 18.1 Å². The summed E-state index contributed by atoms with van der Waals surface area (Å²) in [5, 5.41) is 9.95. The zero-order valence-electron chi connectivity index (χ0n) is 10.7. The monoisotopic (exact) mass is 253 g/mol. The van der Waals surface area contributed by atoms with Crippen LogP contribution in [0.2, 0.25) is 0 Å². The molecule has 0 spiro atoms. The van der Waals surface area contributed by atoms with E-state index in [1.54, 1.807) is 6.07 Å². The molecule has 3 heteroatoms. The number of phenolic OH excluding ortho intramolecular Hbond substituents is 1. The molecular weight excluding hydrogens is 238 g/mol. The summed E-state index contributed by atoms with van der Waals surface area (Å²) in [6.07, 6.45) is 0. The summed E-state index contributed by atoms with van der Waals surface area (Å²) < 4.78 is 5.62. The molecule has 2 aromatic carbocycles. The number of hydrogen-bond acceptors (Lipinski definition) is 3. The molecule has 1 unspecified atom stereocenters. The molecule has 1 N–H and O–H groups in total. The number of phenols is 1. The number of aromatic hydroxyl groups is 1. The highest BCUT2D eigenvalue weighted by molar-refractivity contribution is 5.97. The minimum atomic E-state index is 0.0110. The van der Waals surface area contributed by atoms with Gasteiger partial charge >= 0.3 is 0 Å². The van der Waals surface area contributed by atoms with Crippen molar-refractivity contribution in [2.24, 2.45) is 4.99 Å². The highest BCUT2D eigenvalue weighted by atomic mass is 16.5. The Morgan fingerprint density at radius 3 is 2.68 bits per heavy atom. The van der Waals surface area contributed by atoms with Gasteiger partial charge in [-0.3, -0.25) is 0 Å². The van der Waals surface area contributed by atoms with Crippen LogP contribution in [0.15, 0.2) is 53.5 Å². The fraction of sp³-hybridized carbons (Fsp3) is 0.188. The van der Waals surface area contributed by atoms with Crippen LogP contribution in [-0.2, 0) is 4.74 Å². The van der Waals surface area contributed by atoms with Crippen molar-refractivity contribution >= 4 is 5.90 Å². The van der Waals surface area contributed by atoms with Crippen molar-refractivity contribution < 1.29 is 9.84 Å². The Bertz CT molecular complexity index is 620. The van der Waals surface area contributed by atoms with Crippen molar-refractivity contribution in [3.05, 3.63) is 65.2 Å². The molecule has 1 atom stereocenters. The van der Waals surface area contributed by atoms with Gasteiger partial charge in [0.2, 0.25) is 5.90 Å². The molecule has 1 heterocycles. The van der Waals surface area contributed by atoms with E-state index in [-0.39, 0.29) is 11.8 Å². The Morgan fingerprint density at radius 1 is 1.16 bits per heavy atom. The molecule has 0 saturated heterocycles. The lowest BCUT2D eigenvalue weighted by Crippen LogP contribution is -2.01. The summed E-state index contributed by atoms with van der Waals surface area (Å²) in [4.78, 5) is 4.55. The average molecular weight is 253 g/mol. The van der Waals surface area contributed by atoms with Crippen LogP contribution in [-0.4, -0.2) is 17.6 Å². The fourth-order valence-corrected chi connectivity index (χ4v) is 2.19. The molecule has 96 valence electrons. The van der Waals surface area contributed by atoms with Gasteiger partial charge in [0.05, 0.1) is 5.56 Å². The molecule has 0 radical (unpaired) electrons. The first-order valence-electron chi connectivity index (χ1n) is 6.29. The van der Waals surface area contributed by atoms with Crippen LogP contribution in [0.5, 0.6) is 5.75 Å². The van der Waals surface area contributed by atoms with Crippen LogP contribution in [0.4, 0.5) is 0 Å². The Morgan fingerprint density at radius 2 is 1.95 bits per heavy atom. The van der Waals surface area contributed by atoms with E-state index in [1.165, 1.54) is 0 Å². The Labute approximate surface area is 112 Å². The maximum absolute atomic E-state index is 9.95. The number of rotatable bonds is 2. The first-order chi connectivity index (χ1) is 9.24. The van der Waals surface area contributed by atoms with Crippen LogP contribution >= 0.6 is 0 Å². The minimum absolute atomic E-state index is 0.0110. The SMILES string of the molecule is Cc1ccc(C2=NC(c3ccccc3)CO2)c(O)c1. The van der Waals surface area contributed by atoms with E-state index in [2.05, 4.69) is 4.99 Å². The van der Waals surface area contributed by atoms with Gasteiger partial charge in [-0.1, -0.05) is 36.4 Å². The van der Waals surface area contributed by atoms with Gasteiger partial charge in [0.1, 0.15) is 18.4 Å². The first kappa shape index (κ1) is 11.8. The van der Waals surface area contributed by atoms with Gasteiger partial charge in [0.15, 0.2) is 0 Å². The second-order valence-corrected chi connectivity index (χ2v) is 4.69. The molecule has 0 saturated carbocycles. The van der Waals surface area contributed by atoms with Gasteiger partial charge < -0.3 is 9.84 Å². The van der Waals surface area contributed by atoms with Gasteiger partial charge in [-0.05, 0) is 30.2 Å². The number of aliphatic imine (C=N–C) groups is 1. The summed E-state index contributed by atoms with van der Waals surface area (Å²) in [6, 6.07) is 15.6. The third-order valence-electron chi connectivity index (χ3n) is 3.22. The number of benzene rings is 2. The molecule has 0 aromatic heterocycles. The van der Waals surface area contributed by atoms with Crippen LogP contribution in [0.25, 0.3) is 0 Å². The van der Waals surface area contributed by atoms with Crippen molar-refractivity contribution in [3.8, 4) is 5.75 Å². The van der Waals surface area contributed by atoms with E-state index < -0.39 is 0 Å². The first-order valence-corrected chi connectivity index (χ1v) is 6.29. The van der Waals surface area contributed by atoms with Crippen LogP contribution in [0.1, 0.15) is 22.7 Å². The Kier molecular flexibility index (Phi) is 2.95. The van der Waals surface area contributed by atoms with E-state index in [1.807, 2.05) is 49.4 Å². The van der Waals surface area contributed by atoms with E-state index in [4.69, 9.17) is 4.74 Å². The van der Waals surface area contributed by atoms with E-state index in [9.17, 15) is 5.11 Å². The summed E-state index contributed by atoms with van der Waals surface area (Å²) >= 11 is 0. The molecule has 1 aliphatic heterocycles. The van der Waals surface area contributed by atoms with Gasteiger partial charge in [-0.25, -0.2) is 4.99 Å². The molecule has 0 fully saturated rings. The van der Waals surface area contributed by atoms with Crippen molar-refractivity contribution in [2.75, 3.05) is 6.61 Å². The number of nitrogens with zero attached hydrogens (tertiary/aromatic N) is 1. The third-order valence-corrected chi connectivity index (χ3v) is 3.22. The highest BCUT2D eigenvalue weighted by Crippen LogP contribution is 2.28. The predicted octanol–water partition coefficient (Wildman–Crippen LogP) is 3.22. The second-order valence-electron chi connectivity index (χ2n) is 4.69. The van der Waals surface area contributed by atoms with E-state index >= 15 is 0 Å². The lowest BCUT2D eigenvalue weighted by atomic mass is 10.1. The number of ether oxygens (including phenoxy) is 1. The standard InChI is InChI=1S/C16H15NO2/c1-11-7-8-13(15(18)9-11)16-17-14(10-19-16)12-5-3-2-4-6-12/h2-9,14,18H,10H2,1H3. The molecule has 2 aromatic rings. The lowest BCUT2D eigenvalue weighted by Gasteiger charge is -2.04. The van der Waals surface area contributed by atoms with Crippen LogP contribution in [0, 0.1) is 6.92 Å². The molecule has 0 aliphatic carbocycles. The van der Waals surface area contributed by atoms with Crippen molar-refractivity contribution in [1.82, 2.24) is 0 Å². The highest BCUT2D eigenvalue weighted by Gasteiger charge is 2.23. The topological polar surface area (TPSA) is 41.8 Å². The molecule has 3 nitrogen and oxygen atoms in total. The molecule has 1 aliphatic rings. The maximum Gasteiger partial charge on any atom is 0.220 e. The van der Waals surface area contributed by atoms with Gasteiger partial charge in [0.25, 0.3) is 0 Å². The summed E-state index contributed by atoms with van der Waals surface area (Å²) in [6.45, 7) is 2.46. The zero-order chi connectivity index (χ0) is 13.2. The number of hydrogen-bond donors (Lipinski definition) is 1. The fourth-order valence-electron chi connectivity index (χ4n) is 2.19. The van der Waals surface area contributed by atoms with Gasteiger partial charge in [0, 0.05) is 0 Å². The van der Waals surface area contributed by atoms with Gasteiger partial charge in [-0.2, -0.15) is 0 Å². The smallest absolute Gasteiger partial charge is 0.220 e. The Balaban J connectivity index is 1.91. The average Bonchev–Trinajstić information content (AvgIpc) is 2.89. The summed E-state index contributed by atoms with van der Waals surface area (Å²) in [5.41, 5.74) is 2.80. The quantitative estimate of drug-likeness (QED) is 0.892. The zero-order valence-corrected chi connectivity index (χ0v) is 10.7. The maximum atomic E-state index is 9.95. The van der Waals surface area contributed by atoms with Crippen molar-refractivity contribution in [3.63, 3.8) is 0 Å². The molecular formula is C16H15NO2. The molecule has 19 heavy (non-hydrogen) atoms. The van der Waals surface area contributed by atoms with Crippen molar-refractivity contribution in [2.45, 2.75) is 13.0 Å². The lowest BCUT2D eigenvalue weighted by molar-refractivity contribution is 0.318. The normalized spacial score (nSPS) is 17.9.